The number of amides is 1. The molecule has 18 heavy (non-hydrogen) atoms. The minimum absolute atomic E-state index is 0.0878. The topological polar surface area (TPSA) is 25.2 Å². The molecule has 2 heterocycles. The molecule has 0 aliphatic carbocycles. The van der Waals surface area contributed by atoms with Crippen molar-refractivity contribution in [2.75, 3.05) is 11.4 Å². The molecule has 1 aliphatic heterocycles. The summed E-state index contributed by atoms with van der Waals surface area (Å²) in [6.07, 6.45) is 4.36. The van der Waals surface area contributed by atoms with Crippen LogP contribution in [-0.4, -0.2) is 22.4 Å². The lowest BCUT2D eigenvalue weighted by molar-refractivity contribution is -0.117. The van der Waals surface area contributed by atoms with Crippen molar-refractivity contribution < 1.29 is 4.79 Å². The molecule has 92 valence electrons. The third-order valence-electron chi connectivity index (χ3n) is 3.13. The van der Waals surface area contributed by atoms with E-state index in [0.29, 0.717) is 13.0 Å². The van der Waals surface area contributed by atoms with Crippen molar-refractivity contribution in [3.05, 3.63) is 48.8 Å². The zero-order valence-corrected chi connectivity index (χ0v) is 10.5. The van der Waals surface area contributed by atoms with Crippen LogP contribution in [0.15, 0.2) is 48.8 Å². The maximum atomic E-state index is 11.9. The quantitative estimate of drug-likeness (QED) is 0.763. The Bertz CT molecular complexity index is 565. The van der Waals surface area contributed by atoms with Crippen LogP contribution in [0.25, 0.3) is 5.69 Å². The Kier molecular flexibility index (Phi) is 2.84. The highest BCUT2D eigenvalue weighted by molar-refractivity contribution is 6.24. The van der Waals surface area contributed by atoms with E-state index in [9.17, 15) is 4.79 Å². The number of carbonyl (C=O) groups is 1. The molecule has 3 rings (SSSR count). The molecule has 1 amide bonds. The van der Waals surface area contributed by atoms with Crippen molar-refractivity contribution in [3.63, 3.8) is 0 Å². The summed E-state index contributed by atoms with van der Waals surface area (Å²) in [5, 5.41) is -0.0878. The Morgan fingerprint density at radius 2 is 1.72 bits per heavy atom. The highest BCUT2D eigenvalue weighted by atomic mass is 35.5. The first-order valence-electron chi connectivity index (χ1n) is 5.92. The van der Waals surface area contributed by atoms with Crippen LogP contribution in [0.1, 0.15) is 6.42 Å². The van der Waals surface area contributed by atoms with Crippen molar-refractivity contribution in [2.45, 2.75) is 11.8 Å². The second-order valence-electron chi connectivity index (χ2n) is 4.38. The number of rotatable bonds is 2. The van der Waals surface area contributed by atoms with E-state index >= 15 is 0 Å². The molecule has 3 nitrogen and oxygen atoms in total. The van der Waals surface area contributed by atoms with E-state index in [0.717, 1.165) is 11.4 Å². The lowest BCUT2D eigenvalue weighted by atomic mass is 10.2. The number of carbonyl (C=O) groups excluding carboxylic acids is 1. The maximum absolute atomic E-state index is 11.9. The highest BCUT2D eigenvalue weighted by Crippen LogP contribution is 2.29. The minimum Gasteiger partial charge on any atom is -0.322 e. The molecule has 1 unspecified atom stereocenters. The largest absolute Gasteiger partial charge is 0.322 e. The average molecular weight is 261 g/mol. The van der Waals surface area contributed by atoms with Crippen LogP contribution in [0.4, 0.5) is 5.69 Å². The first-order chi connectivity index (χ1) is 8.75. The molecule has 0 spiro atoms. The summed E-state index contributed by atoms with van der Waals surface area (Å²) < 4.78 is 2.00. The number of para-hydroxylation sites is 2. The van der Waals surface area contributed by atoms with Crippen LogP contribution >= 0.6 is 11.6 Å². The van der Waals surface area contributed by atoms with Crippen molar-refractivity contribution in [2.24, 2.45) is 0 Å². The fourth-order valence-electron chi connectivity index (χ4n) is 2.30. The number of benzene rings is 1. The Morgan fingerprint density at radius 1 is 1.06 bits per heavy atom. The van der Waals surface area contributed by atoms with Gasteiger partial charge in [0.2, 0.25) is 5.91 Å². The van der Waals surface area contributed by atoms with Crippen molar-refractivity contribution in [3.8, 4) is 5.69 Å². The smallest absolute Gasteiger partial charge is 0.228 e. The van der Waals surface area contributed by atoms with Crippen LogP contribution in [0.5, 0.6) is 0 Å². The standard InChI is InChI=1S/C14H13ClN2O/c15-11-9-14(18)17(10-11)13-6-2-1-5-12(13)16-7-3-4-8-16/h1-8,11H,9-10H2. The molecule has 0 N–H and O–H groups in total. The van der Waals surface area contributed by atoms with Crippen molar-refractivity contribution >= 4 is 23.2 Å². The van der Waals surface area contributed by atoms with E-state index in [2.05, 4.69) is 0 Å². The molecular weight excluding hydrogens is 248 g/mol. The third-order valence-corrected chi connectivity index (χ3v) is 3.43. The first-order valence-corrected chi connectivity index (χ1v) is 6.36. The van der Waals surface area contributed by atoms with Gasteiger partial charge in [-0.15, -0.1) is 11.6 Å². The van der Waals surface area contributed by atoms with Gasteiger partial charge in [-0.1, -0.05) is 12.1 Å². The Morgan fingerprint density at radius 3 is 2.33 bits per heavy atom. The molecular formula is C14H13ClN2O. The van der Waals surface area contributed by atoms with Crippen LogP contribution < -0.4 is 4.90 Å². The van der Waals surface area contributed by atoms with Crippen LogP contribution in [-0.2, 0) is 4.79 Å². The summed E-state index contributed by atoms with van der Waals surface area (Å²) in [6.45, 7) is 0.582. The van der Waals surface area contributed by atoms with Gasteiger partial charge in [0.1, 0.15) is 0 Å². The number of hydrogen-bond acceptors (Lipinski definition) is 1. The van der Waals surface area contributed by atoms with E-state index in [1.54, 1.807) is 4.90 Å². The number of aromatic nitrogens is 1. The summed E-state index contributed by atoms with van der Waals surface area (Å²) in [5.74, 6) is 0.0922. The third kappa shape index (κ3) is 1.91. The van der Waals surface area contributed by atoms with Gasteiger partial charge < -0.3 is 9.47 Å². The molecule has 1 saturated heterocycles. The van der Waals surface area contributed by atoms with Crippen LogP contribution in [0, 0.1) is 0 Å². The maximum Gasteiger partial charge on any atom is 0.228 e. The Hall–Kier alpha value is -1.74. The molecule has 1 aromatic heterocycles. The van der Waals surface area contributed by atoms with Gasteiger partial charge in [0.25, 0.3) is 0 Å². The Labute approximate surface area is 111 Å². The van der Waals surface area contributed by atoms with Crippen molar-refractivity contribution in [1.29, 1.82) is 0 Å². The molecule has 0 radical (unpaired) electrons. The van der Waals surface area contributed by atoms with Gasteiger partial charge in [-0.2, -0.15) is 0 Å². The van der Waals surface area contributed by atoms with Gasteiger partial charge in [0.05, 0.1) is 16.8 Å². The second-order valence-corrected chi connectivity index (χ2v) is 5.00. The van der Waals surface area contributed by atoms with Crippen molar-refractivity contribution in [1.82, 2.24) is 4.57 Å². The molecule has 1 atom stereocenters. The van der Waals surface area contributed by atoms with Gasteiger partial charge in [0, 0.05) is 25.4 Å². The van der Waals surface area contributed by atoms with Gasteiger partial charge in [-0.05, 0) is 24.3 Å². The number of alkyl halides is 1. The molecule has 1 fully saturated rings. The summed E-state index contributed by atoms with van der Waals surface area (Å²) in [7, 11) is 0. The molecule has 2 aromatic rings. The lowest BCUT2D eigenvalue weighted by Crippen LogP contribution is -2.25. The fourth-order valence-corrected chi connectivity index (χ4v) is 2.57. The van der Waals surface area contributed by atoms with Gasteiger partial charge in [-0.25, -0.2) is 0 Å². The van der Waals surface area contributed by atoms with Gasteiger partial charge in [-0.3, -0.25) is 4.79 Å². The van der Waals surface area contributed by atoms with Crippen LogP contribution in [0.2, 0.25) is 0 Å². The molecule has 0 bridgehead atoms. The average Bonchev–Trinajstić information content (AvgIpc) is 2.99. The summed E-state index contributed by atoms with van der Waals surface area (Å²) in [5.41, 5.74) is 1.92. The van der Waals surface area contributed by atoms with E-state index < -0.39 is 0 Å². The van der Waals surface area contributed by atoms with E-state index in [1.807, 2.05) is 53.4 Å². The number of anilines is 1. The molecule has 1 aromatic carbocycles. The molecule has 1 aliphatic rings. The predicted molar refractivity (Wildman–Crippen MR) is 72.4 cm³/mol. The van der Waals surface area contributed by atoms with Gasteiger partial charge >= 0.3 is 0 Å². The van der Waals surface area contributed by atoms with Crippen LogP contribution in [0.3, 0.4) is 0 Å². The van der Waals surface area contributed by atoms with E-state index in [-0.39, 0.29) is 11.3 Å². The number of halogens is 1. The number of nitrogens with zero attached hydrogens (tertiary/aromatic N) is 2. The minimum atomic E-state index is -0.0878. The monoisotopic (exact) mass is 260 g/mol. The Balaban J connectivity index is 2.05. The molecule has 4 heteroatoms. The lowest BCUT2D eigenvalue weighted by Gasteiger charge is -2.20. The summed E-state index contributed by atoms with van der Waals surface area (Å²) >= 11 is 6.06. The molecule has 0 saturated carbocycles. The fraction of sp³-hybridized carbons (Fsp3) is 0.214. The summed E-state index contributed by atoms with van der Waals surface area (Å²) in [4.78, 5) is 13.7. The van der Waals surface area contributed by atoms with Gasteiger partial charge in [0.15, 0.2) is 0 Å². The van der Waals surface area contributed by atoms with E-state index in [1.165, 1.54) is 0 Å². The number of hydrogen-bond donors (Lipinski definition) is 0. The first kappa shape index (κ1) is 11.4. The second kappa shape index (κ2) is 4.50. The highest BCUT2D eigenvalue weighted by Gasteiger charge is 2.30. The predicted octanol–water partition coefficient (Wildman–Crippen LogP) is 2.82. The normalized spacial score (nSPS) is 19.5. The van der Waals surface area contributed by atoms with E-state index in [4.69, 9.17) is 11.6 Å². The SMILES string of the molecule is O=C1CC(Cl)CN1c1ccccc1-n1cccc1. The summed E-state index contributed by atoms with van der Waals surface area (Å²) in [6, 6.07) is 11.8. The zero-order valence-electron chi connectivity index (χ0n) is 9.79. The zero-order chi connectivity index (χ0) is 12.5.